The second-order valence-electron chi connectivity index (χ2n) is 9.32. The van der Waals surface area contributed by atoms with Crippen molar-refractivity contribution in [3.8, 4) is 11.6 Å². The Morgan fingerprint density at radius 2 is 1.98 bits per heavy atom. The summed E-state index contributed by atoms with van der Waals surface area (Å²) in [6.45, 7) is 6.38. The summed E-state index contributed by atoms with van der Waals surface area (Å²) in [7, 11) is -4.26. The van der Waals surface area contributed by atoms with Crippen molar-refractivity contribution in [3.05, 3.63) is 36.7 Å². The highest BCUT2D eigenvalue weighted by Gasteiger charge is 2.56. The molecule has 0 bridgehead atoms. The first-order chi connectivity index (χ1) is 19.3. The van der Waals surface area contributed by atoms with Crippen LogP contribution >= 0.6 is 30.9 Å². The second-order valence-corrected chi connectivity index (χ2v) is 12.5. The maximum atomic E-state index is 13.8. The van der Waals surface area contributed by atoms with E-state index in [1.807, 2.05) is 0 Å². The highest BCUT2D eigenvalue weighted by molar-refractivity contribution is 7.52. The lowest BCUT2D eigenvalue weighted by atomic mass is 10.2. The van der Waals surface area contributed by atoms with Crippen molar-refractivity contribution in [1.82, 2.24) is 24.6 Å². The van der Waals surface area contributed by atoms with Gasteiger partial charge in [-0.05, 0) is 39.8 Å². The molecule has 3 aromatic rings. The number of carbonyl (C=O) groups excluding carboxylic acids is 1. The van der Waals surface area contributed by atoms with Crippen LogP contribution in [0.5, 0.6) is 11.6 Å². The zero-order valence-electron chi connectivity index (χ0n) is 22.6. The lowest BCUT2D eigenvalue weighted by Gasteiger charge is -2.25. The number of aliphatic hydroxyl groups is 1. The number of alkyl halides is 2. The summed E-state index contributed by atoms with van der Waals surface area (Å²) in [5.74, 6) is -0.407. The number of rotatable bonds is 12. The van der Waals surface area contributed by atoms with E-state index < -0.39 is 55.2 Å². The van der Waals surface area contributed by atoms with Gasteiger partial charge in [-0.15, -0.1) is 0 Å². The Balaban J connectivity index is 1.56. The summed E-state index contributed by atoms with van der Waals surface area (Å²) in [5, 5.41) is 13.6. The number of aliphatic hydroxyl groups excluding tert-OH is 1. The lowest BCUT2D eigenvalue weighted by molar-refractivity contribution is -0.149. The van der Waals surface area contributed by atoms with Crippen molar-refractivity contribution in [3.63, 3.8) is 0 Å². The first-order valence-electron chi connectivity index (χ1n) is 12.7. The van der Waals surface area contributed by atoms with Gasteiger partial charge in [0.25, 0.3) is 0 Å². The van der Waals surface area contributed by atoms with Gasteiger partial charge in [-0.25, -0.2) is 9.55 Å². The number of imidazole rings is 1. The van der Waals surface area contributed by atoms with Crippen LogP contribution in [0.2, 0.25) is 0 Å². The molecule has 4 rings (SSSR count). The number of nitrogen functional groups attached to an aromatic ring is 1. The minimum Gasteiger partial charge on any atom is -0.476 e. The molecule has 0 spiro atoms. The lowest BCUT2D eigenvalue weighted by Crippen LogP contribution is -2.39. The van der Waals surface area contributed by atoms with E-state index in [2.05, 4.69) is 20.0 Å². The fraction of sp³-hybridized carbons (Fsp3) is 0.500. The van der Waals surface area contributed by atoms with E-state index in [1.54, 1.807) is 51.1 Å². The van der Waals surface area contributed by atoms with Crippen molar-refractivity contribution in [2.24, 2.45) is 0 Å². The number of carbonyl (C=O) groups is 1. The first kappa shape index (κ1) is 31.2. The normalized spacial score (nSPS) is 22.4. The van der Waals surface area contributed by atoms with Crippen LogP contribution in [0.3, 0.4) is 0 Å². The van der Waals surface area contributed by atoms with Crippen LogP contribution in [-0.2, 0) is 23.4 Å². The van der Waals surface area contributed by atoms with Crippen molar-refractivity contribution in [2.45, 2.75) is 62.6 Å². The van der Waals surface area contributed by atoms with E-state index in [0.717, 1.165) is 0 Å². The van der Waals surface area contributed by atoms with Crippen molar-refractivity contribution >= 4 is 54.0 Å². The Labute approximate surface area is 246 Å². The highest BCUT2D eigenvalue weighted by atomic mass is 35.5. The number of fused-ring (bicyclic) bond motifs is 1. The zero-order chi connectivity index (χ0) is 29.9. The van der Waals surface area contributed by atoms with Crippen molar-refractivity contribution in [1.29, 1.82) is 0 Å². The summed E-state index contributed by atoms with van der Waals surface area (Å²) < 4.78 is 41.2. The summed E-state index contributed by atoms with van der Waals surface area (Å²) in [6, 6.07) is 7.13. The number of ether oxygens (including phenoxy) is 3. The van der Waals surface area contributed by atoms with E-state index >= 15 is 0 Å². The predicted octanol–water partition coefficient (Wildman–Crippen LogP) is 3.37. The molecule has 1 aliphatic rings. The van der Waals surface area contributed by atoms with Crippen LogP contribution in [0.15, 0.2) is 36.7 Å². The molecule has 0 radical (unpaired) electrons. The van der Waals surface area contributed by atoms with Crippen LogP contribution in [-0.4, -0.2) is 72.5 Å². The van der Waals surface area contributed by atoms with Gasteiger partial charge < -0.3 is 29.6 Å². The molecule has 1 aromatic carbocycles. The molecule has 1 saturated heterocycles. The largest absolute Gasteiger partial charge is 0.476 e. The predicted molar refractivity (Wildman–Crippen MR) is 150 cm³/mol. The van der Waals surface area contributed by atoms with Gasteiger partial charge in [0.15, 0.2) is 21.7 Å². The second kappa shape index (κ2) is 12.7. The minimum absolute atomic E-state index is 0.0916. The summed E-state index contributed by atoms with van der Waals surface area (Å²) in [4.78, 5) is 24.9. The maximum Gasteiger partial charge on any atom is 0.459 e. The smallest absolute Gasteiger partial charge is 0.459 e. The van der Waals surface area contributed by atoms with E-state index in [1.165, 1.54) is 17.8 Å². The summed E-state index contributed by atoms with van der Waals surface area (Å²) in [6.07, 6.45) is -3.02. The number of esters is 1. The maximum absolute atomic E-state index is 13.8. The van der Waals surface area contributed by atoms with Gasteiger partial charge in [-0.3, -0.25) is 13.9 Å². The number of para-hydroxylation sites is 1. The summed E-state index contributed by atoms with van der Waals surface area (Å²) in [5.41, 5.74) is 6.32. The molecule has 1 fully saturated rings. The van der Waals surface area contributed by atoms with Crippen molar-refractivity contribution in [2.75, 3.05) is 18.9 Å². The molecular formula is C24H31Cl2N6O8P. The van der Waals surface area contributed by atoms with E-state index in [0.29, 0.717) is 6.61 Å². The fourth-order valence-electron chi connectivity index (χ4n) is 3.93. The first-order valence-corrected chi connectivity index (χ1v) is 15.0. The van der Waals surface area contributed by atoms with E-state index in [-0.39, 0.29) is 28.7 Å². The third-order valence-electron chi connectivity index (χ3n) is 5.75. The fourth-order valence-corrected chi connectivity index (χ4v) is 6.02. The number of nitrogens with two attached hydrogens (primary N) is 1. The topological polar surface area (TPSA) is 182 Å². The monoisotopic (exact) mass is 632 g/mol. The molecule has 14 nitrogen and oxygen atoms in total. The average Bonchev–Trinajstić information content (AvgIpc) is 3.41. The van der Waals surface area contributed by atoms with E-state index in [4.69, 9.17) is 52.2 Å². The van der Waals surface area contributed by atoms with Gasteiger partial charge in [0.05, 0.1) is 25.6 Å². The van der Waals surface area contributed by atoms with Crippen molar-refractivity contribution < 1.29 is 37.7 Å². The molecule has 1 aliphatic heterocycles. The van der Waals surface area contributed by atoms with Crippen LogP contribution < -0.4 is 20.1 Å². The Hall–Kier alpha value is -2.71. The van der Waals surface area contributed by atoms with Gasteiger partial charge in [0.1, 0.15) is 24.0 Å². The third kappa shape index (κ3) is 7.03. The van der Waals surface area contributed by atoms with Gasteiger partial charge in [0.2, 0.25) is 11.8 Å². The molecule has 0 aliphatic carbocycles. The van der Waals surface area contributed by atoms with Crippen LogP contribution in [0, 0.1) is 0 Å². The standard InChI is InChI=1S/C24H31Cl2N6O8P/c1-5-36-20-17-19(29-23(27)30-20)32(12-28-17)22-24(25,26)18(33)16(39-22)11-37-41(35,40-15-9-7-6-8-10-15)31-14(4)21(34)38-13(2)3/h6-10,12-14,16,18,22,33H,5,11H2,1-4H3,(H,31,35)(H2,27,29,30). The number of hydrogen-bond acceptors (Lipinski definition) is 12. The molecule has 4 N–H and O–H groups in total. The van der Waals surface area contributed by atoms with Crippen LogP contribution in [0.4, 0.5) is 5.95 Å². The van der Waals surface area contributed by atoms with Gasteiger partial charge in [-0.1, -0.05) is 41.4 Å². The molecule has 0 amide bonds. The average molecular weight is 633 g/mol. The number of halogens is 2. The van der Waals surface area contributed by atoms with Crippen LogP contribution in [0.25, 0.3) is 11.2 Å². The van der Waals surface area contributed by atoms with Gasteiger partial charge in [0, 0.05) is 0 Å². The molecule has 224 valence electrons. The number of hydrogen-bond donors (Lipinski definition) is 3. The third-order valence-corrected chi connectivity index (χ3v) is 8.22. The molecule has 17 heteroatoms. The Bertz CT molecular complexity index is 1410. The Morgan fingerprint density at radius 1 is 1.27 bits per heavy atom. The molecule has 2 aromatic heterocycles. The molecular weight excluding hydrogens is 602 g/mol. The molecule has 0 saturated carbocycles. The van der Waals surface area contributed by atoms with Gasteiger partial charge >= 0.3 is 13.7 Å². The Morgan fingerprint density at radius 3 is 2.63 bits per heavy atom. The van der Waals surface area contributed by atoms with Crippen LogP contribution in [0.1, 0.15) is 33.9 Å². The summed E-state index contributed by atoms with van der Waals surface area (Å²) >= 11 is 13.1. The number of nitrogens with zero attached hydrogens (tertiary/aromatic N) is 4. The molecule has 3 heterocycles. The molecule has 5 unspecified atom stereocenters. The molecule has 41 heavy (non-hydrogen) atoms. The zero-order valence-corrected chi connectivity index (χ0v) is 25.0. The minimum atomic E-state index is -4.26. The highest BCUT2D eigenvalue weighted by Crippen LogP contribution is 2.50. The quantitative estimate of drug-likeness (QED) is 0.150. The molecule has 5 atom stereocenters. The van der Waals surface area contributed by atoms with E-state index in [9.17, 15) is 14.5 Å². The number of benzene rings is 1. The SMILES string of the molecule is CCOc1nc(N)nc2c1ncn2C1OC(COP(=O)(NC(C)C(=O)OC(C)C)Oc2ccccc2)C(O)C1(Cl)Cl. The number of nitrogens with one attached hydrogen (secondary N) is 1. The Kier molecular flexibility index (Phi) is 9.64. The number of aromatic nitrogens is 4. The van der Waals surface area contributed by atoms with Gasteiger partial charge in [-0.2, -0.15) is 15.1 Å². The number of anilines is 1.